The second kappa shape index (κ2) is 6.06. The van der Waals surface area contributed by atoms with Gasteiger partial charge in [0.1, 0.15) is 5.82 Å². The summed E-state index contributed by atoms with van der Waals surface area (Å²) < 4.78 is 14.1. The molecule has 106 valence electrons. The van der Waals surface area contributed by atoms with Crippen molar-refractivity contribution in [1.82, 2.24) is 0 Å². The van der Waals surface area contributed by atoms with Gasteiger partial charge in [-0.2, -0.15) is 0 Å². The quantitative estimate of drug-likeness (QED) is 0.917. The van der Waals surface area contributed by atoms with E-state index in [1.165, 1.54) is 11.6 Å². The predicted octanol–water partition coefficient (Wildman–Crippen LogP) is 3.79. The van der Waals surface area contributed by atoms with Gasteiger partial charge in [-0.3, -0.25) is 0 Å². The summed E-state index contributed by atoms with van der Waals surface area (Å²) >= 11 is 0. The maximum absolute atomic E-state index is 14.1. The minimum absolute atomic E-state index is 0.194. The number of para-hydroxylation sites is 1. The molecular weight excluding hydrogens is 251 g/mol. The molecule has 0 unspecified atom stereocenters. The van der Waals surface area contributed by atoms with Crippen LogP contribution in [0.1, 0.15) is 29.7 Å². The first-order valence-corrected chi connectivity index (χ1v) is 6.79. The van der Waals surface area contributed by atoms with Crippen LogP contribution >= 0.6 is 0 Å². The van der Waals surface area contributed by atoms with Crippen molar-refractivity contribution in [2.75, 3.05) is 11.9 Å². The fourth-order valence-electron chi connectivity index (χ4n) is 2.47. The zero-order valence-electron chi connectivity index (χ0n) is 12.2. The number of halogens is 1. The number of hydrogen-bond donors (Lipinski definition) is 1. The highest BCUT2D eigenvalue weighted by Crippen LogP contribution is 2.28. The van der Waals surface area contributed by atoms with Gasteiger partial charge in [-0.15, -0.1) is 0 Å². The minimum atomic E-state index is -0.227. The lowest BCUT2D eigenvalue weighted by atomic mass is 10.0. The molecule has 20 heavy (non-hydrogen) atoms. The van der Waals surface area contributed by atoms with Gasteiger partial charge in [0.2, 0.25) is 0 Å². The Kier molecular flexibility index (Phi) is 4.40. The molecule has 0 saturated heterocycles. The molecule has 3 heteroatoms. The number of nitrogens with two attached hydrogens (primary N) is 1. The first-order chi connectivity index (χ1) is 9.49. The molecule has 0 heterocycles. The smallest absolute Gasteiger partial charge is 0.146 e. The molecule has 0 aromatic heterocycles. The fourth-order valence-corrected chi connectivity index (χ4v) is 2.47. The molecule has 2 aromatic rings. The number of benzene rings is 2. The normalized spacial score (nSPS) is 12.2. The Morgan fingerprint density at radius 2 is 1.90 bits per heavy atom. The topological polar surface area (TPSA) is 29.3 Å². The molecule has 2 nitrogen and oxygen atoms in total. The van der Waals surface area contributed by atoms with Crippen LogP contribution in [0.3, 0.4) is 0 Å². The van der Waals surface area contributed by atoms with Gasteiger partial charge in [-0.1, -0.05) is 42.0 Å². The van der Waals surface area contributed by atoms with Gasteiger partial charge >= 0.3 is 0 Å². The maximum atomic E-state index is 14.1. The Balaban J connectivity index is 2.31. The number of hydrogen-bond acceptors (Lipinski definition) is 2. The molecule has 1 atom stereocenters. The predicted molar refractivity (Wildman–Crippen MR) is 82.3 cm³/mol. The SMILES string of the molecule is Cc1cccc(CN(C)c2c(F)cccc2[C@@H](C)N)c1. The van der Waals surface area contributed by atoms with Crippen LogP contribution < -0.4 is 10.6 Å². The van der Waals surface area contributed by atoms with E-state index in [1.807, 2.05) is 31.0 Å². The van der Waals surface area contributed by atoms with E-state index in [0.29, 0.717) is 12.2 Å². The zero-order valence-corrected chi connectivity index (χ0v) is 12.2. The molecule has 0 saturated carbocycles. The second-order valence-corrected chi connectivity index (χ2v) is 5.31. The van der Waals surface area contributed by atoms with Crippen molar-refractivity contribution in [3.8, 4) is 0 Å². The van der Waals surface area contributed by atoms with Crippen molar-refractivity contribution in [3.05, 3.63) is 65.0 Å². The third-order valence-corrected chi connectivity index (χ3v) is 3.39. The van der Waals surface area contributed by atoms with Crippen LogP contribution in [0.4, 0.5) is 10.1 Å². The Labute approximate surface area is 120 Å². The van der Waals surface area contributed by atoms with E-state index in [2.05, 4.69) is 25.1 Å². The third kappa shape index (κ3) is 3.17. The summed E-state index contributed by atoms with van der Waals surface area (Å²) in [5.74, 6) is -0.227. The number of anilines is 1. The highest BCUT2D eigenvalue weighted by atomic mass is 19.1. The number of aryl methyl sites for hydroxylation is 1. The summed E-state index contributed by atoms with van der Waals surface area (Å²) in [4.78, 5) is 1.92. The molecule has 0 spiro atoms. The molecule has 0 amide bonds. The highest BCUT2D eigenvalue weighted by molar-refractivity contribution is 5.56. The monoisotopic (exact) mass is 272 g/mol. The summed E-state index contributed by atoms with van der Waals surface area (Å²) in [5, 5.41) is 0. The lowest BCUT2D eigenvalue weighted by Gasteiger charge is -2.24. The van der Waals surface area contributed by atoms with E-state index in [-0.39, 0.29) is 11.9 Å². The van der Waals surface area contributed by atoms with Crippen LogP contribution in [-0.4, -0.2) is 7.05 Å². The van der Waals surface area contributed by atoms with Crippen LogP contribution in [0.15, 0.2) is 42.5 Å². The van der Waals surface area contributed by atoms with Crippen LogP contribution in [0, 0.1) is 12.7 Å². The van der Waals surface area contributed by atoms with Crippen LogP contribution in [0.5, 0.6) is 0 Å². The molecule has 0 aliphatic carbocycles. The van der Waals surface area contributed by atoms with Crippen molar-refractivity contribution in [3.63, 3.8) is 0 Å². The second-order valence-electron chi connectivity index (χ2n) is 5.31. The van der Waals surface area contributed by atoms with Crippen LogP contribution in [0.2, 0.25) is 0 Å². The van der Waals surface area contributed by atoms with E-state index in [1.54, 1.807) is 6.07 Å². The lowest BCUT2D eigenvalue weighted by Crippen LogP contribution is -2.21. The number of nitrogens with zero attached hydrogens (tertiary/aromatic N) is 1. The number of rotatable bonds is 4. The molecule has 0 fully saturated rings. The van der Waals surface area contributed by atoms with E-state index in [0.717, 1.165) is 11.1 Å². The molecule has 2 N–H and O–H groups in total. The first kappa shape index (κ1) is 14.5. The summed E-state index contributed by atoms with van der Waals surface area (Å²) in [6.07, 6.45) is 0. The standard InChI is InChI=1S/C17H21FN2/c1-12-6-4-7-14(10-12)11-20(3)17-15(13(2)19)8-5-9-16(17)18/h4-10,13H,11,19H2,1-3H3/t13-/m1/s1. The van der Waals surface area contributed by atoms with E-state index in [4.69, 9.17) is 5.73 Å². The lowest BCUT2D eigenvalue weighted by molar-refractivity contribution is 0.616. The van der Waals surface area contributed by atoms with Crippen molar-refractivity contribution in [2.45, 2.75) is 26.4 Å². The third-order valence-electron chi connectivity index (χ3n) is 3.39. The summed E-state index contributed by atoms with van der Waals surface area (Å²) in [5.41, 5.74) is 9.73. The molecule has 2 aromatic carbocycles. The summed E-state index contributed by atoms with van der Waals surface area (Å²) in [6.45, 7) is 4.58. The van der Waals surface area contributed by atoms with Gasteiger partial charge in [0.25, 0.3) is 0 Å². The van der Waals surface area contributed by atoms with Gasteiger partial charge < -0.3 is 10.6 Å². The van der Waals surface area contributed by atoms with Crippen molar-refractivity contribution in [1.29, 1.82) is 0 Å². The van der Waals surface area contributed by atoms with Crippen molar-refractivity contribution in [2.24, 2.45) is 5.73 Å². The largest absolute Gasteiger partial charge is 0.368 e. The molecule has 0 aliphatic rings. The molecule has 0 aliphatic heterocycles. The van der Waals surface area contributed by atoms with Crippen LogP contribution in [-0.2, 0) is 6.54 Å². The van der Waals surface area contributed by atoms with E-state index < -0.39 is 0 Å². The Morgan fingerprint density at radius 1 is 1.20 bits per heavy atom. The van der Waals surface area contributed by atoms with E-state index in [9.17, 15) is 4.39 Å². The average Bonchev–Trinajstić information content (AvgIpc) is 2.38. The summed E-state index contributed by atoms with van der Waals surface area (Å²) in [6, 6.07) is 13.1. The van der Waals surface area contributed by atoms with Crippen molar-refractivity contribution >= 4 is 5.69 Å². The van der Waals surface area contributed by atoms with Gasteiger partial charge in [0.15, 0.2) is 0 Å². The van der Waals surface area contributed by atoms with Gasteiger partial charge in [0.05, 0.1) is 5.69 Å². The van der Waals surface area contributed by atoms with Gasteiger partial charge in [-0.05, 0) is 31.0 Å². The molecular formula is C17H21FN2. The first-order valence-electron chi connectivity index (χ1n) is 6.79. The zero-order chi connectivity index (χ0) is 14.7. The van der Waals surface area contributed by atoms with Gasteiger partial charge in [0, 0.05) is 19.6 Å². The van der Waals surface area contributed by atoms with Crippen LogP contribution in [0.25, 0.3) is 0 Å². The molecule has 0 bridgehead atoms. The van der Waals surface area contributed by atoms with E-state index >= 15 is 0 Å². The van der Waals surface area contributed by atoms with Crippen molar-refractivity contribution < 1.29 is 4.39 Å². The Morgan fingerprint density at radius 3 is 2.55 bits per heavy atom. The summed E-state index contributed by atoms with van der Waals surface area (Å²) in [7, 11) is 1.90. The fraction of sp³-hybridized carbons (Fsp3) is 0.294. The Bertz CT molecular complexity index is 593. The Hall–Kier alpha value is -1.87. The minimum Gasteiger partial charge on any atom is -0.368 e. The molecule has 2 rings (SSSR count). The maximum Gasteiger partial charge on any atom is 0.146 e. The molecule has 0 radical (unpaired) electrons. The average molecular weight is 272 g/mol. The van der Waals surface area contributed by atoms with Gasteiger partial charge in [-0.25, -0.2) is 4.39 Å². The highest BCUT2D eigenvalue weighted by Gasteiger charge is 2.15.